The highest BCUT2D eigenvalue weighted by Gasteiger charge is 2.35. The van der Waals surface area contributed by atoms with Crippen molar-refractivity contribution in [2.75, 3.05) is 13.2 Å². The molecule has 0 bridgehead atoms. The van der Waals surface area contributed by atoms with Crippen LogP contribution in [0.3, 0.4) is 0 Å². The van der Waals surface area contributed by atoms with E-state index in [-0.39, 0.29) is 12.0 Å². The zero-order valence-electron chi connectivity index (χ0n) is 18.6. The number of benzene rings is 2. The molecule has 0 saturated carbocycles. The van der Waals surface area contributed by atoms with E-state index < -0.39 is 5.79 Å². The molecule has 1 aliphatic heterocycles. The Morgan fingerprint density at radius 2 is 1.94 bits per heavy atom. The molecule has 6 heteroatoms. The number of nitrogens with zero attached hydrogens (tertiary/aromatic N) is 3. The van der Waals surface area contributed by atoms with Gasteiger partial charge in [0.15, 0.2) is 5.79 Å². The Balaban J connectivity index is 1.47. The van der Waals surface area contributed by atoms with E-state index >= 15 is 0 Å². The molecular weight excluding hydrogens is 402 g/mol. The summed E-state index contributed by atoms with van der Waals surface area (Å²) in [6.07, 6.45) is 1.58. The first kappa shape index (κ1) is 20.7. The van der Waals surface area contributed by atoms with E-state index in [1.165, 1.54) is 0 Å². The normalized spacial score (nSPS) is 17.8. The van der Waals surface area contributed by atoms with Crippen LogP contribution in [0.4, 0.5) is 0 Å². The van der Waals surface area contributed by atoms with Crippen molar-refractivity contribution in [2.45, 2.75) is 32.3 Å². The molecule has 2 aromatic carbocycles. The van der Waals surface area contributed by atoms with Gasteiger partial charge in [0.2, 0.25) is 0 Å². The van der Waals surface area contributed by atoms with Crippen LogP contribution in [0.2, 0.25) is 0 Å². The molecule has 0 aliphatic carbocycles. The lowest BCUT2D eigenvalue weighted by molar-refractivity contribution is -0.139. The smallest absolute Gasteiger partial charge is 0.254 e. The number of hydrogen-bond acceptors (Lipinski definition) is 4. The average molecular weight is 430 g/mol. The van der Waals surface area contributed by atoms with E-state index in [1.807, 2.05) is 68.3 Å². The highest BCUT2D eigenvalue weighted by molar-refractivity contribution is 5.98. The Morgan fingerprint density at radius 1 is 1.12 bits per heavy atom. The number of amides is 1. The van der Waals surface area contributed by atoms with Crippen molar-refractivity contribution in [3.05, 3.63) is 78.1 Å². The van der Waals surface area contributed by atoms with Gasteiger partial charge in [-0.15, -0.1) is 0 Å². The Bertz CT molecular complexity index is 1290. The number of pyridine rings is 1. The van der Waals surface area contributed by atoms with Gasteiger partial charge in [0.05, 0.1) is 25.2 Å². The second-order valence-corrected chi connectivity index (χ2v) is 8.80. The lowest BCUT2D eigenvalue weighted by Gasteiger charge is -2.26. The summed E-state index contributed by atoms with van der Waals surface area (Å²) in [5.41, 5.74) is 3.73. The average Bonchev–Trinajstić information content (AvgIpc) is 3.30. The molecule has 2 aromatic heterocycles. The molecule has 1 aliphatic rings. The fraction of sp³-hybridized carbons (Fsp3) is 0.308. The molecule has 1 fully saturated rings. The van der Waals surface area contributed by atoms with Crippen LogP contribution >= 0.6 is 0 Å². The van der Waals surface area contributed by atoms with Gasteiger partial charge in [-0.3, -0.25) is 9.78 Å². The molecule has 0 radical (unpaired) electrons. The van der Waals surface area contributed by atoms with Crippen LogP contribution in [0.15, 0.2) is 66.9 Å². The second-order valence-electron chi connectivity index (χ2n) is 8.80. The third kappa shape index (κ3) is 3.99. The van der Waals surface area contributed by atoms with Crippen molar-refractivity contribution < 1.29 is 14.3 Å². The SMILES string of the molecule is Cn1c(CN(CC2COC(C)(C)O2)C(=O)c2ccc3ncccc3c2)cc2ccccc21. The van der Waals surface area contributed by atoms with Gasteiger partial charge >= 0.3 is 0 Å². The van der Waals surface area contributed by atoms with Crippen LogP contribution in [0, 0.1) is 0 Å². The molecule has 164 valence electrons. The van der Waals surface area contributed by atoms with E-state index in [1.54, 1.807) is 6.20 Å². The Hall–Kier alpha value is -3.22. The first-order chi connectivity index (χ1) is 15.4. The number of para-hydroxylation sites is 1. The maximum Gasteiger partial charge on any atom is 0.254 e. The molecule has 0 N–H and O–H groups in total. The molecule has 1 atom stereocenters. The summed E-state index contributed by atoms with van der Waals surface area (Å²) < 4.78 is 13.9. The van der Waals surface area contributed by atoms with Crippen molar-refractivity contribution in [3.63, 3.8) is 0 Å². The van der Waals surface area contributed by atoms with Crippen LogP contribution in [-0.4, -0.2) is 45.4 Å². The van der Waals surface area contributed by atoms with Gasteiger partial charge in [-0.05, 0) is 55.6 Å². The van der Waals surface area contributed by atoms with Crippen molar-refractivity contribution in [3.8, 4) is 0 Å². The molecule has 3 heterocycles. The number of aryl methyl sites for hydroxylation is 1. The van der Waals surface area contributed by atoms with Gasteiger partial charge in [0, 0.05) is 35.4 Å². The minimum atomic E-state index is -0.631. The monoisotopic (exact) mass is 429 g/mol. The number of hydrogen-bond donors (Lipinski definition) is 0. The van der Waals surface area contributed by atoms with Crippen molar-refractivity contribution in [1.82, 2.24) is 14.5 Å². The molecule has 1 saturated heterocycles. The van der Waals surface area contributed by atoms with E-state index in [0.717, 1.165) is 27.5 Å². The molecule has 0 spiro atoms. The molecule has 4 aromatic rings. The van der Waals surface area contributed by atoms with Gasteiger partial charge in [0.25, 0.3) is 5.91 Å². The number of aromatic nitrogens is 2. The summed E-state index contributed by atoms with van der Waals surface area (Å²) in [6, 6.07) is 19.9. The molecular formula is C26H27N3O3. The summed E-state index contributed by atoms with van der Waals surface area (Å²) in [5.74, 6) is -0.664. The lowest BCUT2D eigenvalue weighted by Crippen LogP contribution is -2.39. The van der Waals surface area contributed by atoms with E-state index in [0.29, 0.717) is 25.3 Å². The van der Waals surface area contributed by atoms with Crippen LogP contribution in [-0.2, 0) is 23.1 Å². The van der Waals surface area contributed by atoms with Crippen LogP contribution in [0.5, 0.6) is 0 Å². The topological polar surface area (TPSA) is 56.6 Å². The largest absolute Gasteiger partial charge is 0.348 e. The van der Waals surface area contributed by atoms with E-state index in [2.05, 4.69) is 27.8 Å². The Labute approximate surface area is 187 Å². The molecule has 32 heavy (non-hydrogen) atoms. The van der Waals surface area contributed by atoms with Gasteiger partial charge in [-0.25, -0.2) is 0 Å². The van der Waals surface area contributed by atoms with Crippen molar-refractivity contribution in [2.24, 2.45) is 7.05 Å². The standard InChI is InChI=1S/C26H27N3O3/c1-26(2)31-17-22(32-26)16-29(15-21-14-19-7-4-5-9-24(19)28(21)3)25(30)20-10-11-23-18(13-20)8-6-12-27-23/h4-14,22H,15-17H2,1-3H3. The number of ether oxygens (including phenoxy) is 2. The number of rotatable bonds is 5. The zero-order chi connectivity index (χ0) is 22.3. The maximum absolute atomic E-state index is 13.7. The fourth-order valence-electron chi connectivity index (χ4n) is 4.40. The van der Waals surface area contributed by atoms with Crippen LogP contribution in [0.1, 0.15) is 29.9 Å². The third-order valence-corrected chi connectivity index (χ3v) is 6.03. The van der Waals surface area contributed by atoms with E-state index in [4.69, 9.17) is 9.47 Å². The third-order valence-electron chi connectivity index (χ3n) is 6.03. The first-order valence-electron chi connectivity index (χ1n) is 10.9. The molecule has 5 rings (SSSR count). The minimum absolute atomic E-state index is 0.0330. The van der Waals surface area contributed by atoms with Gasteiger partial charge in [0.1, 0.15) is 6.10 Å². The number of fused-ring (bicyclic) bond motifs is 2. The minimum Gasteiger partial charge on any atom is -0.348 e. The fourth-order valence-corrected chi connectivity index (χ4v) is 4.40. The van der Waals surface area contributed by atoms with Crippen LogP contribution < -0.4 is 0 Å². The lowest BCUT2D eigenvalue weighted by atomic mass is 10.1. The van der Waals surface area contributed by atoms with E-state index in [9.17, 15) is 4.79 Å². The number of carbonyl (C=O) groups is 1. The highest BCUT2D eigenvalue weighted by Crippen LogP contribution is 2.26. The molecule has 6 nitrogen and oxygen atoms in total. The summed E-state index contributed by atoms with van der Waals surface area (Å²) in [5, 5.41) is 2.11. The second kappa shape index (κ2) is 8.04. The van der Waals surface area contributed by atoms with Crippen molar-refractivity contribution in [1.29, 1.82) is 0 Å². The first-order valence-corrected chi connectivity index (χ1v) is 10.9. The summed E-state index contributed by atoms with van der Waals surface area (Å²) in [7, 11) is 2.04. The van der Waals surface area contributed by atoms with Crippen molar-refractivity contribution >= 4 is 27.7 Å². The maximum atomic E-state index is 13.7. The Morgan fingerprint density at radius 3 is 2.72 bits per heavy atom. The summed E-state index contributed by atoms with van der Waals surface area (Å²) in [4.78, 5) is 19.9. The van der Waals surface area contributed by atoms with Gasteiger partial charge in [-0.2, -0.15) is 0 Å². The quantitative estimate of drug-likeness (QED) is 0.468. The molecule has 1 unspecified atom stereocenters. The van der Waals surface area contributed by atoms with Gasteiger partial charge in [-0.1, -0.05) is 24.3 Å². The molecule has 1 amide bonds. The predicted octanol–water partition coefficient (Wildman–Crippen LogP) is 4.52. The summed E-state index contributed by atoms with van der Waals surface area (Å²) in [6.45, 7) is 5.20. The predicted molar refractivity (Wildman–Crippen MR) is 124 cm³/mol. The summed E-state index contributed by atoms with van der Waals surface area (Å²) >= 11 is 0. The van der Waals surface area contributed by atoms with Crippen LogP contribution in [0.25, 0.3) is 21.8 Å². The zero-order valence-corrected chi connectivity index (χ0v) is 18.6. The highest BCUT2D eigenvalue weighted by atomic mass is 16.7. The number of carbonyl (C=O) groups excluding carboxylic acids is 1. The Kier molecular flexibility index (Phi) is 5.19. The van der Waals surface area contributed by atoms with Gasteiger partial charge < -0.3 is 18.9 Å².